The number of benzene rings is 1. The predicted octanol–water partition coefficient (Wildman–Crippen LogP) is 3.80. The van der Waals surface area contributed by atoms with Crippen molar-refractivity contribution in [3.8, 4) is 0 Å². The molecule has 0 bridgehead atoms. The average Bonchev–Trinajstić information content (AvgIpc) is 2.20. The monoisotopic (exact) mass is 273 g/mol. The van der Waals surface area contributed by atoms with Crippen molar-refractivity contribution in [3.63, 3.8) is 0 Å². The smallest absolute Gasteiger partial charge is 0.0314 e. The summed E-state index contributed by atoms with van der Waals surface area (Å²) in [4.78, 5) is 1.30. The van der Waals surface area contributed by atoms with Crippen molar-refractivity contribution >= 4 is 27.7 Å². The van der Waals surface area contributed by atoms with Gasteiger partial charge in [-0.15, -0.1) is 11.8 Å². The van der Waals surface area contributed by atoms with Gasteiger partial charge in [0.25, 0.3) is 0 Å². The van der Waals surface area contributed by atoms with Crippen LogP contribution in [0.1, 0.15) is 25.8 Å². The molecule has 0 heterocycles. The lowest BCUT2D eigenvalue weighted by Crippen LogP contribution is -1.97. The summed E-state index contributed by atoms with van der Waals surface area (Å²) in [6.45, 7) is 5.06. The Morgan fingerprint density at radius 2 is 2.21 bits per heavy atom. The maximum absolute atomic E-state index is 5.57. The normalized spacial score (nSPS) is 12.9. The molecule has 1 atom stereocenters. The molecular formula is C11H16BrNS. The highest BCUT2D eigenvalue weighted by Gasteiger charge is 2.05. The molecular weight excluding hydrogens is 258 g/mol. The standard InChI is InChI=1S/C11H16BrNS/c1-3-8(2)14-11-5-4-9(7-13)6-10(11)12/h4-6,8H,3,7,13H2,1-2H3. The van der Waals surface area contributed by atoms with E-state index in [9.17, 15) is 0 Å². The molecule has 0 fully saturated rings. The van der Waals surface area contributed by atoms with E-state index in [1.807, 2.05) is 11.8 Å². The average molecular weight is 274 g/mol. The van der Waals surface area contributed by atoms with Crippen molar-refractivity contribution < 1.29 is 0 Å². The number of rotatable bonds is 4. The van der Waals surface area contributed by atoms with Crippen LogP contribution in [-0.2, 0) is 6.54 Å². The largest absolute Gasteiger partial charge is 0.326 e. The van der Waals surface area contributed by atoms with Crippen LogP contribution in [0, 0.1) is 0 Å². The highest BCUT2D eigenvalue weighted by molar-refractivity contribution is 9.10. The van der Waals surface area contributed by atoms with Crippen LogP contribution in [0.4, 0.5) is 0 Å². The van der Waals surface area contributed by atoms with E-state index in [1.54, 1.807) is 0 Å². The number of nitrogens with two attached hydrogens (primary N) is 1. The van der Waals surface area contributed by atoms with E-state index in [-0.39, 0.29) is 0 Å². The summed E-state index contributed by atoms with van der Waals surface area (Å²) in [5.74, 6) is 0. The van der Waals surface area contributed by atoms with Crippen LogP contribution in [0.25, 0.3) is 0 Å². The van der Waals surface area contributed by atoms with Gasteiger partial charge in [-0.25, -0.2) is 0 Å². The van der Waals surface area contributed by atoms with E-state index in [2.05, 4.69) is 48.0 Å². The Labute approximate surface area is 98.6 Å². The highest BCUT2D eigenvalue weighted by Crippen LogP contribution is 2.32. The van der Waals surface area contributed by atoms with Crippen LogP contribution in [-0.4, -0.2) is 5.25 Å². The van der Waals surface area contributed by atoms with E-state index in [1.165, 1.54) is 16.9 Å². The minimum Gasteiger partial charge on any atom is -0.326 e. The molecule has 0 amide bonds. The predicted molar refractivity (Wildman–Crippen MR) is 67.6 cm³/mol. The summed E-state index contributed by atoms with van der Waals surface area (Å²) in [6.07, 6.45) is 1.19. The van der Waals surface area contributed by atoms with Gasteiger partial charge in [0.15, 0.2) is 0 Å². The summed E-state index contributed by atoms with van der Waals surface area (Å²) in [6, 6.07) is 6.34. The summed E-state index contributed by atoms with van der Waals surface area (Å²) in [5.41, 5.74) is 6.74. The first-order valence-corrected chi connectivity index (χ1v) is 6.49. The fraction of sp³-hybridized carbons (Fsp3) is 0.455. The molecule has 0 aliphatic carbocycles. The molecule has 1 aromatic rings. The zero-order chi connectivity index (χ0) is 10.6. The highest BCUT2D eigenvalue weighted by atomic mass is 79.9. The van der Waals surface area contributed by atoms with Gasteiger partial charge in [-0.05, 0) is 40.0 Å². The summed E-state index contributed by atoms with van der Waals surface area (Å²) >= 11 is 5.47. The van der Waals surface area contributed by atoms with E-state index >= 15 is 0 Å². The topological polar surface area (TPSA) is 26.0 Å². The molecule has 3 heteroatoms. The number of halogens is 1. The van der Waals surface area contributed by atoms with Gasteiger partial charge in [0.2, 0.25) is 0 Å². The second-order valence-electron chi connectivity index (χ2n) is 3.31. The van der Waals surface area contributed by atoms with Crippen molar-refractivity contribution in [2.45, 2.75) is 37.0 Å². The van der Waals surface area contributed by atoms with Gasteiger partial charge in [-0.1, -0.05) is 19.9 Å². The molecule has 1 aromatic carbocycles. The van der Waals surface area contributed by atoms with Crippen molar-refractivity contribution in [1.82, 2.24) is 0 Å². The quantitative estimate of drug-likeness (QED) is 0.845. The number of hydrogen-bond acceptors (Lipinski definition) is 2. The van der Waals surface area contributed by atoms with E-state index < -0.39 is 0 Å². The minimum absolute atomic E-state index is 0.604. The van der Waals surface area contributed by atoms with Crippen LogP contribution in [0.2, 0.25) is 0 Å². The molecule has 0 saturated heterocycles. The molecule has 1 nitrogen and oxygen atoms in total. The molecule has 0 spiro atoms. The van der Waals surface area contributed by atoms with Gasteiger partial charge in [0.1, 0.15) is 0 Å². The van der Waals surface area contributed by atoms with Crippen LogP contribution >= 0.6 is 27.7 Å². The van der Waals surface area contributed by atoms with Gasteiger partial charge in [0.05, 0.1) is 0 Å². The zero-order valence-electron chi connectivity index (χ0n) is 8.59. The fourth-order valence-electron chi connectivity index (χ4n) is 1.07. The molecule has 1 unspecified atom stereocenters. The third kappa shape index (κ3) is 3.30. The minimum atomic E-state index is 0.604. The van der Waals surface area contributed by atoms with Gasteiger partial charge in [-0.3, -0.25) is 0 Å². The first kappa shape index (κ1) is 12.1. The van der Waals surface area contributed by atoms with E-state index in [0.29, 0.717) is 11.8 Å². The molecule has 1 rings (SSSR count). The van der Waals surface area contributed by atoms with Crippen LogP contribution in [0.3, 0.4) is 0 Å². The first-order chi connectivity index (χ1) is 6.67. The summed E-state index contributed by atoms with van der Waals surface area (Å²) in [5, 5.41) is 0.662. The Kier molecular flexibility index (Phi) is 4.99. The summed E-state index contributed by atoms with van der Waals surface area (Å²) in [7, 11) is 0. The Morgan fingerprint density at radius 3 is 2.71 bits per heavy atom. The molecule has 78 valence electrons. The lowest BCUT2D eigenvalue weighted by atomic mass is 10.2. The van der Waals surface area contributed by atoms with Crippen molar-refractivity contribution in [3.05, 3.63) is 28.2 Å². The van der Waals surface area contributed by atoms with Gasteiger partial charge < -0.3 is 5.73 Å². The molecule has 14 heavy (non-hydrogen) atoms. The Morgan fingerprint density at radius 1 is 1.50 bits per heavy atom. The van der Waals surface area contributed by atoms with Crippen molar-refractivity contribution in [1.29, 1.82) is 0 Å². The summed E-state index contributed by atoms with van der Waals surface area (Å²) < 4.78 is 1.16. The van der Waals surface area contributed by atoms with Crippen molar-refractivity contribution in [2.24, 2.45) is 5.73 Å². The van der Waals surface area contributed by atoms with Crippen molar-refractivity contribution in [2.75, 3.05) is 0 Å². The molecule has 0 saturated carbocycles. The Bertz CT molecular complexity index is 301. The fourth-order valence-corrected chi connectivity index (χ4v) is 2.69. The second kappa shape index (κ2) is 5.79. The van der Waals surface area contributed by atoms with Gasteiger partial charge in [0, 0.05) is 21.2 Å². The van der Waals surface area contributed by atoms with Crippen LogP contribution in [0.5, 0.6) is 0 Å². The number of thioether (sulfide) groups is 1. The molecule has 0 aromatic heterocycles. The Balaban J connectivity index is 2.78. The maximum atomic E-state index is 5.57. The SMILES string of the molecule is CCC(C)Sc1ccc(CN)cc1Br. The van der Waals surface area contributed by atoms with E-state index in [4.69, 9.17) is 5.73 Å². The first-order valence-electron chi connectivity index (χ1n) is 4.82. The lowest BCUT2D eigenvalue weighted by molar-refractivity contribution is 0.905. The van der Waals surface area contributed by atoms with E-state index in [0.717, 1.165) is 4.47 Å². The second-order valence-corrected chi connectivity index (χ2v) is 5.64. The van der Waals surface area contributed by atoms with Crippen LogP contribution in [0.15, 0.2) is 27.6 Å². The molecule has 0 aliphatic rings. The van der Waals surface area contributed by atoms with Crippen LogP contribution < -0.4 is 5.73 Å². The molecule has 0 aliphatic heterocycles. The third-order valence-electron chi connectivity index (χ3n) is 2.14. The number of hydrogen-bond donors (Lipinski definition) is 1. The maximum Gasteiger partial charge on any atom is 0.0314 e. The third-order valence-corrected chi connectivity index (χ3v) is 4.40. The molecule has 2 N–H and O–H groups in total. The van der Waals surface area contributed by atoms with Gasteiger partial charge >= 0.3 is 0 Å². The van der Waals surface area contributed by atoms with Gasteiger partial charge in [-0.2, -0.15) is 0 Å². The molecule has 0 radical (unpaired) electrons. The Hall–Kier alpha value is 0.01000. The lowest BCUT2D eigenvalue weighted by Gasteiger charge is -2.10. The zero-order valence-corrected chi connectivity index (χ0v) is 11.0.